The highest BCUT2D eigenvalue weighted by atomic mass is 28.3. The van der Waals surface area contributed by atoms with E-state index in [9.17, 15) is 0 Å². The predicted octanol–water partition coefficient (Wildman–Crippen LogP) is 3.34. The summed E-state index contributed by atoms with van der Waals surface area (Å²) in [5.41, 5.74) is 5.41. The number of aryl methyl sites for hydroxylation is 3. The Morgan fingerprint density at radius 2 is 1.58 bits per heavy atom. The Morgan fingerprint density at radius 3 is 2.16 bits per heavy atom. The van der Waals surface area contributed by atoms with Crippen LogP contribution < -0.4 is 9.75 Å². The van der Waals surface area contributed by atoms with Crippen molar-refractivity contribution >= 4 is 13.3 Å². The van der Waals surface area contributed by atoms with Crippen molar-refractivity contribution in [2.75, 3.05) is 0 Å². The van der Waals surface area contributed by atoms with E-state index in [4.69, 9.17) is 0 Å². The summed E-state index contributed by atoms with van der Waals surface area (Å²) in [4.78, 5) is 0. The molecule has 0 bridgehead atoms. The molecular formula is C17H24NSi+. The van der Waals surface area contributed by atoms with Gasteiger partial charge in [-0.3, -0.25) is 0 Å². The second kappa shape index (κ2) is 4.93. The van der Waals surface area contributed by atoms with Gasteiger partial charge in [-0.2, -0.15) is 0 Å². The second-order valence-electron chi connectivity index (χ2n) is 6.43. The first-order chi connectivity index (χ1) is 8.80. The summed E-state index contributed by atoms with van der Waals surface area (Å²) in [5, 5.41) is 1.56. The number of aromatic nitrogens is 1. The molecule has 0 aliphatic carbocycles. The van der Waals surface area contributed by atoms with E-state index < -0.39 is 8.07 Å². The molecule has 0 aliphatic heterocycles. The number of pyridine rings is 1. The Hall–Kier alpha value is -1.41. The van der Waals surface area contributed by atoms with Gasteiger partial charge in [0.2, 0.25) is 5.69 Å². The van der Waals surface area contributed by atoms with Gasteiger partial charge in [-0.15, -0.1) is 0 Å². The summed E-state index contributed by atoms with van der Waals surface area (Å²) < 4.78 is 2.25. The van der Waals surface area contributed by atoms with Crippen LogP contribution in [0, 0.1) is 13.8 Å². The smallest absolute Gasteiger partial charge is 0.201 e. The molecule has 0 N–H and O–H groups in total. The lowest BCUT2D eigenvalue weighted by atomic mass is 10.0. The van der Waals surface area contributed by atoms with Gasteiger partial charge in [-0.1, -0.05) is 37.8 Å². The van der Waals surface area contributed by atoms with Gasteiger partial charge in [-0.25, -0.2) is 4.57 Å². The summed E-state index contributed by atoms with van der Waals surface area (Å²) in [7, 11) is 0.846. The topological polar surface area (TPSA) is 3.88 Å². The first-order valence-corrected chi connectivity index (χ1v) is 10.4. The Balaban J connectivity index is 2.69. The Kier molecular flexibility index (Phi) is 3.63. The van der Waals surface area contributed by atoms with Gasteiger partial charge in [0, 0.05) is 17.2 Å². The molecule has 0 spiro atoms. The van der Waals surface area contributed by atoms with E-state index in [-0.39, 0.29) is 0 Å². The molecule has 0 saturated carbocycles. The molecule has 19 heavy (non-hydrogen) atoms. The summed E-state index contributed by atoms with van der Waals surface area (Å²) >= 11 is 0. The van der Waals surface area contributed by atoms with E-state index >= 15 is 0 Å². The van der Waals surface area contributed by atoms with E-state index in [2.05, 4.69) is 81.6 Å². The highest BCUT2D eigenvalue weighted by molar-refractivity contribution is 6.89. The van der Waals surface area contributed by atoms with Gasteiger partial charge in [0.15, 0.2) is 6.20 Å². The molecule has 0 atom stereocenters. The Labute approximate surface area is 117 Å². The third kappa shape index (κ3) is 2.79. The third-order valence-electron chi connectivity index (χ3n) is 3.70. The number of hydrogen-bond acceptors (Lipinski definition) is 0. The Morgan fingerprint density at radius 1 is 0.947 bits per heavy atom. The minimum Gasteiger partial charge on any atom is -0.201 e. The summed E-state index contributed by atoms with van der Waals surface area (Å²) in [6, 6.07) is 11.0. The molecule has 0 aliphatic rings. The monoisotopic (exact) mass is 270 g/mol. The number of rotatable bonds is 2. The zero-order valence-corrected chi connectivity index (χ0v) is 13.9. The number of benzene rings is 1. The third-order valence-corrected chi connectivity index (χ3v) is 5.86. The molecule has 2 aromatic rings. The predicted molar refractivity (Wildman–Crippen MR) is 85.5 cm³/mol. The van der Waals surface area contributed by atoms with E-state index in [1.165, 1.54) is 22.4 Å². The molecule has 1 aromatic heterocycles. The van der Waals surface area contributed by atoms with Crippen molar-refractivity contribution in [2.45, 2.75) is 33.5 Å². The van der Waals surface area contributed by atoms with Crippen LogP contribution in [-0.2, 0) is 7.05 Å². The summed E-state index contributed by atoms with van der Waals surface area (Å²) in [6.07, 6.45) is 2.27. The number of nitrogens with zero attached hydrogens (tertiary/aromatic N) is 1. The zero-order valence-electron chi connectivity index (χ0n) is 12.9. The van der Waals surface area contributed by atoms with Crippen LogP contribution in [0.25, 0.3) is 11.3 Å². The largest absolute Gasteiger partial charge is 0.212 e. The lowest BCUT2D eigenvalue weighted by molar-refractivity contribution is -0.660. The van der Waals surface area contributed by atoms with Crippen LogP contribution in [0.15, 0.2) is 36.5 Å². The molecule has 0 unspecified atom stereocenters. The molecule has 1 nitrogen and oxygen atoms in total. The minimum absolute atomic E-state index is 1.30. The maximum absolute atomic E-state index is 2.41. The summed E-state index contributed by atoms with van der Waals surface area (Å²) in [6.45, 7) is 11.7. The van der Waals surface area contributed by atoms with Gasteiger partial charge in [0.1, 0.15) is 7.05 Å². The average Bonchev–Trinajstić information content (AvgIpc) is 2.29. The van der Waals surface area contributed by atoms with Crippen molar-refractivity contribution in [1.82, 2.24) is 0 Å². The highest BCUT2D eigenvalue weighted by Gasteiger charge is 2.24. The van der Waals surface area contributed by atoms with E-state index in [0.29, 0.717) is 0 Å². The van der Waals surface area contributed by atoms with Crippen LogP contribution >= 0.6 is 0 Å². The standard InChI is InChI=1S/C17H24NSi/c1-13-9-7-8-10-15(13)16-11-17(19(4,5)6)14(2)12-18(16)3/h7-12H,1-6H3/q+1. The molecule has 1 heterocycles. The van der Waals surface area contributed by atoms with Crippen LogP contribution in [0.4, 0.5) is 0 Å². The normalized spacial score (nSPS) is 11.7. The van der Waals surface area contributed by atoms with Gasteiger partial charge in [0.05, 0.1) is 8.07 Å². The van der Waals surface area contributed by atoms with Crippen LogP contribution in [0.3, 0.4) is 0 Å². The Bertz CT molecular complexity index is 609. The quantitative estimate of drug-likeness (QED) is 0.582. The molecule has 2 rings (SSSR count). The average molecular weight is 270 g/mol. The van der Waals surface area contributed by atoms with Crippen LogP contribution in [0.1, 0.15) is 11.1 Å². The first kappa shape index (κ1) is 14.0. The van der Waals surface area contributed by atoms with E-state index in [1.54, 1.807) is 5.19 Å². The molecule has 0 saturated heterocycles. The van der Waals surface area contributed by atoms with Gasteiger partial charge in [0.25, 0.3) is 0 Å². The maximum Gasteiger partial charge on any atom is 0.212 e. The van der Waals surface area contributed by atoms with Crippen molar-refractivity contribution in [3.63, 3.8) is 0 Å². The van der Waals surface area contributed by atoms with Crippen molar-refractivity contribution in [2.24, 2.45) is 7.05 Å². The van der Waals surface area contributed by atoms with Crippen LogP contribution in [-0.4, -0.2) is 8.07 Å². The molecule has 0 radical (unpaired) electrons. The van der Waals surface area contributed by atoms with Gasteiger partial charge in [-0.05, 0) is 30.7 Å². The molecular weight excluding hydrogens is 246 g/mol. The van der Waals surface area contributed by atoms with Crippen molar-refractivity contribution in [3.8, 4) is 11.3 Å². The fourth-order valence-corrected chi connectivity index (χ4v) is 4.54. The molecule has 100 valence electrons. The fraction of sp³-hybridized carbons (Fsp3) is 0.353. The van der Waals surface area contributed by atoms with E-state index in [1.807, 2.05) is 0 Å². The fourth-order valence-electron chi connectivity index (χ4n) is 2.72. The van der Waals surface area contributed by atoms with E-state index in [0.717, 1.165) is 0 Å². The minimum atomic E-state index is -1.30. The van der Waals surface area contributed by atoms with Crippen LogP contribution in [0.5, 0.6) is 0 Å². The lowest BCUT2D eigenvalue weighted by Crippen LogP contribution is -2.44. The molecule has 1 aromatic carbocycles. The number of hydrogen-bond donors (Lipinski definition) is 0. The SMILES string of the molecule is Cc1ccccc1-c1cc([Si](C)(C)C)c(C)c[n+]1C. The molecule has 0 fully saturated rings. The molecule has 2 heteroatoms. The van der Waals surface area contributed by atoms with Gasteiger partial charge < -0.3 is 0 Å². The lowest BCUT2D eigenvalue weighted by Gasteiger charge is -2.19. The first-order valence-electron chi connectivity index (χ1n) is 6.87. The maximum atomic E-state index is 2.41. The van der Waals surface area contributed by atoms with Gasteiger partial charge >= 0.3 is 0 Å². The molecule has 0 amide bonds. The van der Waals surface area contributed by atoms with Crippen molar-refractivity contribution in [3.05, 3.63) is 47.7 Å². The second-order valence-corrected chi connectivity index (χ2v) is 11.5. The highest BCUT2D eigenvalue weighted by Crippen LogP contribution is 2.20. The van der Waals surface area contributed by atoms with Crippen molar-refractivity contribution < 1.29 is 4.57 Å². The zero-order chi connectivity index (χ0) is 14.2. The van der Waals surface area contributed by atoms with Crippen LogP contribution in [0.2, 0.25) is 19.6 Å². The summed E-state index contributed by atoms with van der Waals surface area (Å²) in [5.74, 6) is 0. The van der Waals surface area contributed by atoms with Crippen molar-refractivity contribution in [1.29, 1.82) is 0 Å².